The van der Waals surface area contributed by atoms with Gasteiger partial charge in [-0.2, -0.15) is 0 Å². The Balaban J connectivity index is 1.27. The van der Waals surface area contributed by atoms with Crippen LogP contribution in [0.4, 0.5) is 26.4 Å². The number of hydrogen-bond acceptors (Lipinski definition) is 8. The molecule has 2 N–H and O–H groups in total. The van der Waals surface area contributed by atoms with E-state index in [9.17, 15) is 9.59 Å². The van der Waals surface area contributed by atoms with E-state index in [4.69, 9.17) is 19.4 Å². The van der Waals surface area contributed by atoms with Gasteiger partial charge in [-0.05, 0) is 66.2 Å². The molecule has 2 aromatic heterocycles. The molecule has 0 aliphatic carbocycles. The molecule has 5 aromatic rings. The van der Waals surface area contributed by atoms with E-state index >= 15 is 4.39 Å². The Labute approximate surface area is 265 Å². The van der Waals surface area contributed by atoms with Crippen molar-refractivity contribution in [3.05, 3.63) is 90.4 Å². The second kappa shape index (κ2) is 13.2. The van der Waals surface area contributed by atoms with Gasteiger partial charge in [-0.1, -0.05) is 6.07 Å². The maximum atomic E-state index is 15.4. The van der Waals surface area contributed by atoms with Crippen LogP contribution < -0.4 is 20.3 Å². The summed E-state index contributed by atoms with van der Waals surface area (Å²) >= 11 is 0. The lowest BCUT2D eigenvalue weighted by Crippen LogP contribution is -2.37. The Kier molecular flexibility index (Phi) is 8.70. The highest BCUT2D eigenvalue weighted by Gasteiger charge is 2.20. The normalized spacial score (nSPS) is 12.9. The van der Waals surface area contributed by atoms with Gasteiger partial charge in [0, 0.05) is 67.2 Å². The molecule has 12 heteroatoms. The standard InChI is InChI=1S/C34H32FN7O4/c1-41(2)33(43)21-4-9-25(10-5-21)37-34(44)39-28-12-7-23(18-27(28)35)31-38-29-19-22(24-8-13-30(45-3)36-20-24)6-11-26(29)32(40-31)42-14-16-46-17-15-42/h4-13,18-20H,14-17H2,1-3H3,(H2,37,39,44). The van der Waals surface area contributed by atoms with Gasteiger partial charge in [0.2, 0.25) is 5.88 Å². The van der Waals surface area contributed by atoms with Crippen molar-refractivity contribution < 1.29 is 23.5 Å². The van der Waals surface area contributed by atoms with Crippen LogP contribution in [0.1, 0.15) is 10.4 Å². The quantitative estimate of drug-likeness (QED) is 0.238. The zero-order valence-electron chi connectivity index (χ0n) is 25.6. The summed E-state index contributed by atoms with van der Waals surface area (Å²) in [4.78, 5) is 42.4. The molecule has 0 saturated carbocycles. The van der Waals surface area contributed by atoms with E-state index in [0.29, 0.717) is 60.3 Å². The summed E-state index contributed by atoms with van der Waals surface area (Å²) in [5, 5.41) is 6.06. The third-order valence-electron chi connectivity index (χ3n) is 7.54. The number of aromatic nitrogens is 3. The van der Waals surface area contributed by atoms with Crippen LogP contribution in [0.15, 0.2) is 79.0 Å². The number of nitrogens with one attached hydrogen (secondary N) is 2. The number of anilines is 3. The van der Waals surface area contributed by atoms with Gasteiger partial charge < -0.3 is 29.9 Å². The van der Waals surface area contributed by atoms with Crippen LogP contribution in [0.5, 0.6) is 5.88 Å². The number of fused-ring (bicyclic) bond motifs is 1. The number of halogens is 1. The lowest BCUT2D eigenvalue weighted by molar-refractivity contribution is 0.0827. The van der Waals surface area contributed by atoms with E-state index in [0.717, 1.165) is 22.3 Å². The van der Waals surface area contributed by atoms with Gasteiger partial charge in [-0.25, -0.2) is 24.1 Å². The molecule has 0 radical (unpaired) electrons. The monoisotopic (exact) mass is 621 g/mol. The molecule has 3 aromatic carbocycles. The van der Waals surface area contributed by atoms with Crippen molar-refractivity contribution in [2.45, 2.75) is 0 Å². The second-order valence-corrected chi connectivity index (χ2v) is 10.8. The third-order valence-corrected chi connectivity index (χ3v) is 7.54. The van der Waals surface area contributed by atoms with E-state index < -0.39 is 11.8 Å². The fourth-order valence-corrected chi connectivity index (χ4v) is 5.10. The van der Waals surface area contributed by atoms with E-state index in [-0.39, 0.29) is 11.6 Å². The summed E-state index contributed by atoms with van der Waals surface area (Å²) in [6.07, 6.45) is 1.74. The second-order valence-electron chi connectivity index (χ2n) is 10.8. The number of morpholine rings is 1. The minimum atomic E-state index is -0.644. The van der Waals surface area contributed by atoms with Gasteiger partial charge in [0.15, 0.2) is 5.82 Å². The first kappa shape index (κ1) is 30.4. The molecular weight excluding hydrogens is 589 g/mol. The van der Waals surface area contributed by atoms with E-state index in [2.05, 4.69) is 20.5 Å². The van der Waals surface area contributed by atoms with Gasteiger partial charge in [0.1, 0.15) is 11.6 Å². The van der Waals surface area contributed by atoms with Crippen molar-refractivity contribution in [2.75, 3.05) is 63.0 Å². The molecule has 0 bridgehead atoms. The lowest BCUT2D eigenvalue weighted by atomic mass is 10.0. The van der Waals surface area contributed by atoms with E-state index in [1.807, 2.05) is 24.3 Å². The number of carbonyl (C=O) groups excluding carboxylic acids is 2. The van der Waals surface area contributed by atoms with E-state index in [1.165, 1.54) is 17.0 Å². The molecule has 0 atom stereocenters. The SMILES string of the molecule is COc1ccc(-c2ccc3c(N4CCOCC4)nc(-c4ccc(NC(=O)Nc5ccc(C(=O)N(C)C)cc5)c(F)c4)nc3c2)cn1. The molecule has 1 aliphatic heterocycles. The van der Waals surface area contributed by atoms with Crippen LogP contribution in [-0.2, 0) is 4.74 Å². The Bertz CT molecular complexity index is 1890. The number of amides is 3. The molecule has 1 fully saturated rings. The molecule has 1 aliphatic rings. The number of urea groups is 1. The molecule has 234 valence electrons. The lowest BCUT2D eigenvalue weighted by Gasteiger charge is -2.29. The first-order valence-electron chi connectivity index (χ1n) is 14.6. The van der Waals surface area contributed by atoms with Gasteiger partial charge in [-0.15, -0.1) is 0 Å². The average Bonchev–Trinajstić information content (AvgIpc) is 3.08. The van der Waals surface area contributed by atoms with Gasteiger partial charge >= 0.3 is 6.03 Å². The van der Waals surface area contributed by atoms with Gasteiger partial charge in [0.25, 0.3) is 5.91 Å². The minimum absolute atomic E-state index is 0.0101. The van der Waals surface area contributed by atoms with Crippen LogP contribution >= 0.6 is 0 Å². The number of benzene rings is 3. The van der Waals surface area contributed by atoms with Crippen molar-refractivity contribution in [3.8, 4) is 28.4 Å². The molecule has 3 amide bonds. The van der Waals surface area contributed by atoms with Crippen molar-refractivity contribution in [3.63, 3.8) is 0 Å². The molecule has 1 saturated heterocycles. The van der Waals surface area contributed by atoms with Crippen LogP contribution in [0, 0.1) is 5.82 Å². The van der Waals surface area contributed by atoms with Crippen molar-refractivity contribution in [1.29, 1.82) is 0 Å². The molecule has 6 rings (SSSR count). The van der Waals surface area contributed by atoms with Crippen LogP contribution in [0.2, 0.25) is 0 Å². The summed E-state index contributed by atoms with van der Waals surface area (Å²) in [7, 11) is 4.89. The fourth-order valence-electron chi connectivity index (χ4n) is 5.10. The number of carbonyl (C=O) groups is 2. The maximum absolute atomic E-state index is 15.4. The molecule has 0 unspecified atom stereocenters. The van der Waals surface area contributed by atoms with Crippen molar-refractivity contribution in [1.82, 2.24) is 19.9 Å². The molecule has 0 spiro atoms. The largest absolute Gasteiger partial charge is 0.481 e. The number of hydrogen-bond donors (Lipinski definition) is 2. The number of ether oxygens (including phenoxy) is 2. The predicted octanol–water partition coefficient (Wildman–Crippen LogP) is 5.69. The molecule has 11 nitrogen and oxygen atoms in total. The summed E-state index contributed by atoms with van der Waals surface area (Å²) < 4.78 is 26.1. The fraction of sp³-hybridized carbons (Fsp3) is 0.206. The van der Waals surface area contributed by atoms with Crippen LogP contribution in [-0.4, -0.2) is 79.3 Å². The van der Waals surface area contributed by atoms with Crippen LogP contribution in [0.3, 0.4) is 0 Å². The Morgan fingerprint density at radius 3 is 2.30 bits per heavy atom. The Morgan fingerprint density at radius 2 is 1.63 bits per heavy atom. The number of pyridine rings is 1. The third kappa shape index (κ3) is 6.57. The number of methoxy groups -OCH3 is 1. The Hall–Kier alpha value is -5.62. The van der Waals surface area contributed by atoms with Crippen molar-refractivity contribution >= 4 is 40.0 Å². The summed E-state index contributed by atoms with van der Waals surface area (Å²) in [6.45, 7) is 2.48. The topological polar surface area (TPSA) is 122 Å². The highest BCUT2D eigenvalue weighted by atomic mass is 19.1. The number of rotatable bonds is 7. The first-order chi connectivity index (χ1) is 22.3. The van der Waals surface area contributed by atoms with Gasteiger partial charge in [0.05, 0.1) is 31.5 Å². The molecule has 46 heavy (non-hydrogen) atoms. The summed E-state index contributed by atoms with van der Waals surface area (Å²) in [5.74, 6) is 0.812. The average molecular weight is 622 g/mol. The zero-order valence-corrected chi connectivity index (χ0v) is 25.6. The highest BCUT2D eigenvalue weighted by molar-refractivity contribution is 6.01. The predicted molar refractivity (Wildman–Crippen MR) is 175 cm³/mol. The molecular formula is C34H32FN7O4. The first-order valence-corrected chi connectivity index (χ1v) is 14.6. The van der Waals surface area contributed by atoms with Crippen molar-refractivity contribution in [2.24, 2.45) is 0 Å². The number of nitrogens with zero attached hydrogens (tertiary/aromatic N) is 5. The zero-order chi connectivity index (χ0) is 32.2. The maximum Gasteiger partial charge on any atom is 0.323 e. The summed E-state index contributed by atoms with van der Waals surface area (Å²) in [5.41, 5.74) is 3.89. The van der Waals surface area contributed by atoms with Gasteiger partial charge in [-0.3, -0.25) is 4.79 Å². The summed E-state index contributed by atoms with van der Waals surface area (Å²) in [6, 6.07) is 19.9. The minimum Gasteiger partial charge on any atom is -0.481 e. The van der Waals surface area contributed by atoms with E-state index in [1.54, 1.807) is 63.8 Å². The van der Waals surface area contributed by atoms with Crippen LogP contribution in [0.25, 0.3) is 33.4 Å². The molecule has 3 heterocycles. The Morgan fingerprint density at radius 1 is 0.891 bits per heavy atom. The highest BCUT2D eigenvalue weighted by Crippen LogP contribution is 2.32. The smallest absolute Gasteiger partial charge is 0.323 e.